The summed E-state index contributed by atoms with van der Waals surface area (Å²) in [6, 6.07) is 7.17. The van der Waals surface area contributed by atoms with Crippen LogP contribution in [0.15, 0.2) is 24.3 Å². The van der Waals surface area contributed by atoms with Gasteiger partial charge in [0.2, 0.25) is 11.8 Å². The number of rotatable bonds is 7. The van der Waals surface area contributed by atoms with Gasteiger partial charge >= 0.3 is 5.97 Å². The highest BCUT2D eigenvalue weighted by Crippen LogP contribution is 2.46. The van der Waals surface area contributed by atoms with Crippen LogP contribution in [0.4, 0.5) is 5.69 Å². The second-order valence-electron chi connectivity index (χ2n) is 6.07. The van der Waals surface area contributed by atoms with E-state index in [9.17, 15) is 14.4 Å². The minimum Gasteiger partial charge on any atom is -0.480 e. The average Bonchev–Trinajstić information content (AvgIpc) is 3.34. The Morgan fingerprint density at radius 3 is 2.57 bits per heavy atom. The Bertz CT molecular complexity index is 623. The average molecular weight is 318 g/mol. The summed E-state index contributed by atoms with van der Waals surface area (Å²) in [5, 5.41) is 14.6. The lowest BCUT2D eigenvalue weighted by atomic mass is 10.1. The van der Waals surface area contributed by atoms with Gasteiger partial charge in [-0.2, -0.15) is 0 Å². The summed E-state index contributed by atoms with van der Waals surface area (Å²) < 4.78 is 0. The summed E-state index contributed by atoms with van der Waals surface area (Å²) in [4.78, 5) is 35.0. The van der Waals surface area contributed by atoms with E-state index in [1.54, 1.807) is 18.2 Å². The third-order valence-electron chi connectivity index (χ3n) is 4.30. The molecule has 1 aromatic rings. The van der Waals surface area contributed by atoms with Crippen LogP contribution in [0, 0.1) is 11.3 Å². The van der Waals surface area contributed by atoms with Crippen LogP contribution in [-0.2, 0) is 20.9 Å². The zero-order valence-electron chi connectivity index (χ0n) is 13.4. The van der Waals surface area contributed by atoms with Crippen LogP contribution in [0.5, 0.6) is 0 Å². The Morgan fingerprint density at radius 2 is 2.00 bits per heavy atom. The maximum atomic E-state index is 12.0. The molecule has 0 radical (unpaired) electrons. The van der Waals surface area contributed by atoms with E-state index >= 15 is 0 Å². The summed E-state index contributed by atoms with van der Waals surface area (Å²) in [5.41, 5.74) is 0.241. The molecule has 124 valence electrons. The van der Waals surface area contributed by atoms with Crippen molar-refractivity contribution < 1.29 is 19.5 Å². The number of amides is 2. The van der Waals surface area contributed by atoms with E-state index in [-0.39, 0.29) is 18.4 Å². The topological polar surface area (TPSA) is 95.5 Å². The molecule has 1 aliphatic rings. The number of nitrogens with one attached hydrogen (secondary N) is 2. The molecule has 0 aliphatic heterocycles. The van der Waals surface area contributed by atoms with Crippen molar-refractivity contribution in [2.45, 2.75) is 39.7 Å². The zero-order chi connectivity index (χ0) is 17.0. The molecule has 23 heavy (non-hydrogen) atoms. The van der Waals surface area contributed by atoms with Crippen LogP contribution < -0.4 is 10.6 Å². The lowest BCUT2D eigenvalue weighted by Gasteiger charge is -2.13. The van der Waals surface area contributed by atoms with E-state index in [2.05, 4.69) is 10.6 Å². The zero-order valence-corrected chi connectivity index (χ0v) is 13.4. The summed E-state index contributed by atoms with van der Waals surface area (Å²) in [5.74, 6) is -1.62. The first kappa shape index (κ1) is 17.0. The van der Waals surface area contributed by atoms with Crippen molar-refractivity contribution in [3.05, 3.63) is 29.8 Å². The number of anilines is 1. The molecule has 2 rings (SSSR count). The Hall–Kier alpha value is -2.37. The van der Waals surface area contributed by atoms with Gasteiger partial charge < -0.3 is 15.7 Å². The fraction of sp³-hybridized carbons (Fsp3) is 0.471. The predicted octanol–water partition coefficient (Wildman–Crippen LogP) is 2.15. The third kappa shape index (κ3) is 3.88. The first-order chi connectivity index (χ1) is 10.9. The number of carbonyl (C=O) groups is 3. The summed E-state index contributed by atoms with van der Waals surface area (Å²) in [6.07, 6.45) is 1.54. The van der Waals surface area contributed by atoms with Crippen molar-refractivity contribution in [1.82, 2.24) is 5.32 Å². The van der Waals surface area contributed by atoms with Gasteiger partial charge in [-0.15, -0.1) is 0 Å². The minimum atomic E-state index is -1.23. The van der Waals surface area contributed by atoms with Gasteiger partial charge in [-0.1, -0.05) is 26.0 Å². The number of carboxylic acids is 1. The molecule has 6 nitrogen and oxygen atoms in total. The molecule has 6 heteroatoms. The summed E-state index contributed by atoms with van der Waals surface area (Å²) in [7, 11) is 0. The van der Waals surface area contributed by atoms with E-state index in [0.717, 1.165) is 12.0 Å². The molecule has 1 atom stereocenters. The van der Waals surface area contributed by atoms with Crippen molar-refractivity contribution in [3.63, 3.8) is 0 Å². The highest BCUT2D eigenvalue weighted by atomic mass is 16.4. The maximum Gasteiger partial charge on any atom is 0.319 e. The van der Waals surface area contributed by atoms with E-state index in [4.69, 9.17) is 5.11 Å². The van der Waals surface area contributed by atoms with E-state index < -0.39 is 17.3 Å². The molecular formula is C17H22N2O4. The molecule has 3 N–H and O–H groups in total. The van der Waals surface area contributed by atoms with Gasteiger partial charge in [0.25, 0.3) is 0 Å². The first-order valence-corrected chi connectivity index (χ1v) is 7.80. The molecule has 1 fully saturated rings. The van der Waals surface area contributed by atoms with Crippen LogP contribution in [-0.4, -0.2) is 22.9 Å². The molecule has 2 amide bonds. The largest absolute Gasteiger partial charge is 0.480 e. The van der Waals surface area contributed by atoms with Gasteiger partial charge in [0.05, 0.1) is 0 Å². The number of hydrogen-bond acceptors (Lipinski definition) is 3. The molecule has 1 aliphatic carbocycles. The van der Waals surface area contributed by atoms with Crippen LogP contribution in [0.2, 0.25) is 0 Å². The quantitative estimate of drug-likeness (QED) is 0.671. The summed E-state index contributed by atoms with van der Waals surface area (Å²) >= 11 is 0. The second kappa shape index (κ2) is 6.81. The van der Waals surface area contributed by atoms with Gasteiger partial charge in [-0.05, 0) is 37.0 Å². The van der Waals surface area contributed by atoms with Crippen LogP contribution in [0.3, 0.4) is 0 Å². The monoisotopic (exact) mass is 318 g/mol. The maximum absolute atomic E-state index is 12.0. The van der Waals surface area contributed by atoms with Crippen molar-refractivity contribution in [3.8, 4) is 0 Å². The number of aliphatic carboxylic acids is 1. The third-order valence-corrected chi connectivity index (χ3v) is 4.30. The summed E-state index contributed by atoms with van der Waals surface area (Å²) in [6.45, 7) is 4.05. The van der Waals surface area contributed by atoms with Crippen LogP contribution in [0.25, 0.3) is 0 Å². The number of carboxylic acid groups (broad SMARTS) is 1. The lowest BCUT2D eigenvalue weighted by molar-refractivity contribution is -0.149. The molecule has 1 saturated carbocycles. The predicted molar refractivity (Wildman–Crippen MR) is 85.7 cm³/mol. The van der Waals surface area contributed by atoms with Crippen molar-refractivity contribution >= 4 is 23.5 Å². The Kier molecular flexibility index (Phi) is 5.03. The molecule has 1 aromatic carbocycles. The lowest BCUT2D eigenvalue weighted by Crippen LogP contribution is -2.36. The molecule has 0 spiro atoms. The van der Waals surface area contributed by atoms with Crippen molar-refractivity contribution in [1.29, 1.82) is 0 Å². The van der Waals surface area contributed by atoms with Crippen molar-refractivity contribution in [2.75, 3.05) is 5.32 Å². The Balaban J connectivity index is 1.94. The smallest absolute Gasteiger partial charge is 0.319 e. The fourth-order valence-electron chi connectivity index (χ4n) is 2.22. The highest BCUT2D eigenvalue weighted by Gasteiger charge is 2.56. The van der Waals surface area contributed by atoms with Gasteiger partial charge in [0.15, 0.2) is 0 Å². The minimum absolute atomic E-state index is 0.0449. The normalized spacial score (nSPS) is 16.3. The van der Waals surface area contributed by atoms with E-state index in [1.165, 1.54) is 0 Å². The molecule has 0 heterocycles. The van der Waals surface area contributed by atoms with Gasteiger partial charge in [0.1, 0.15) is 5.41 Å². The number of carbonyl (C=O) groups excluding carboxylic acids is 2. The fourth-order valence-corrected chi connectivity index (χ4v) is 2.22. The van der Waals surface area contributed by atoms with Gasteiger partial charge in [-0.25, -0.2) is 0 Å². The first-order valence-electron chi connectivity index (χ1n) is 7.80. The standard InChI is InChI=1S/C17H22N2O4/c1-3-11(2)14(20)19-13-6-4-5-12(9-13)10-18-15(21)17(7-8-17)16(22)23/h4-6,9,11H,3,7-8,10H2,1-2H3,(H,18,21)(H,19,20)(H,22,23). The molecular weight excluding hydrogens is 296 g/mol. The number of hydrogen-bond donors (Lipinski definition) is 3. The SMILES string of the molecule is CCC(C)C(=O)Nc1cccc(CNC(=O)C2(C(=O)O)CC2)c1. The molecule has 0 aromatic heterocycles. The Morgan fingerprint density at radius 1 is 1.30 bits per heavy atom. The molecule has 0 saturated heterocycles. The molecule has 1 unspecified atom stereocenters. The van der Waals surface area contributed by atoms with E-state index in [0.29, 0.717) is 18.5 Å². The highest BCUT2D eigenvalue weighted by molar-refractivity contribution is 6.04. The number of benzene rings is 1. The van der Waals surface area contributed by atoms with Gasteiger partial charge in [-0.3, -0.25) is 14.4 Å². The van der Waals surface area contributed by atoms with Crippen LogP contribution in [0.1, 0.15) is 38.7 Å². The molecule has 0 bridgehead atoms. The van der Waals surface area contributed by atoms with E-state index in [1.807, 2.05) is 19.9 Å². The van der Waals surface area contributed by atoms with Crippen molar-refractivity contribution in [2.24, 2.45) is 11.3 Å². The van der Waals surface area contributed by atoms with Crippen LogP contribution >= 0.6 is 0 Å². The Labute approximate surface area is 135 Å². The second-order valence-corrected chi connectivity index (χ2v) is 6.07. The van der Waals surface area contributed by atoms with Gasteiger partial charge in [0, 0.05) is 18.2 Å².